The van der Waals surface area contributed by atoms with Crippen molar-refractivity contribution in [2.24, 2.45) is 0 Å². The lowest BCUT2D eigenvalue weighted by Crippen LogP contribution is -1.63. The second-order valence-corrected chi connectivity index (χ2v) is 2.69. The predicted octanol–water partition coefficient (Wildman–Crippen LogP) is 4.73. The molecule has 0 saturated carbocycles. The van der Waals surface area contributed by atoms with E-state index in [1.54, 1.807) is 0 Å². The van der Waals surface area contributed by atoms with E-state index in [4.69, 9.17) is 0 Å². The Bertz CT molecular complexity index is 98.6. The fourth-order valence-corrected chi connectivity index (χ4v) is 0.724. The Morgan fingerprint density at radius 2 is 1.50 bits per heavy atom. The Labute approximate surface area is 78.4 Å². The summed E-state index contributed by atoms with van der Waals surface area (Å²) >= 11 is 0. The molecule has 0 spiro atoms. The van der Waals surface area contributed by atoms with Gasteiger partial charge in [0.25, 0.3) is 0 Å². The van der Waals surface area contributed by atoms with Crippen molar-refractivity contribution in [1.82, 2.24) is 0 Å². The van der Waals surface area contributed by atoms with Crippen LogP contribution in [0.1, 0.15) is 53.4 Å². The summed E-state index contributed by atoms with van der Waals surface area (Å²) in [7, 11) is 0. The molecule has 0 amide bonds. The molecule has 0 rings (SSSR count). The Hall–Kier alpha value is -0.520. The third-order valence-electron chi connectivity index (χ3n) is 1.43. The first-order valence-electron chi connectivity index (χ1n) is 5.05. The molecular weight excluding hydrogens is 144 g/mol. The molecular formula is C12H24. The molecule has 0 nitrogen and oxygen atoms in total. The number of hydrogen-bond acceptors (Lipinski definition) is 0. The van der Waals surface area contributed by atoms with Gasteiger partial charge in [-0.2, -0.15) is 0 Å². The molecule has 0 atom stereocenters. The number of hydrogen-bond donors (Lipinski definition) is 0. The molecule has 0 unspecified atom stereocenters. The summed E-state index contributed by atoms with van der Waals surface area (Å²) in [6.07, 6.45) is 13.6. The second-order valence-electron chi connectivity index (χ2n) is 2.69. The summed E-state index contributed by atoms with van der Waals surface area (Å²) in [4.78, 5) is 0. The van der Waals surface area contributed by atoms with Crippen molar-refractivity contribution >= 4 is 0 Å². The predicted molar refractivity (Wildman–Crippen MR) is 59.4 cm³/mol. The smallest absolute Gasteiger partial charge is 0.0351 e. The molecule has 0 radical (unpaired) electrons. The van der Waals surface area contributed by atoms with E-state index in [2.05, 4.69) is 45.1 Å². The first-order valence-corrected chi connectivity index (χ1v) is 5.05. The molecule has 0 heteroatoms. The molecule has 0 aromatic rings. The van der Waals surface area contributed by atoms with Crippen LogP contribution in [0.25, 0.3) is 0 Å². The first-order chi connectivity index (χ1) is 5.83. The lowest BCUT2D eigenvalue weighted by Gasteiger charge is -1.83. The van der Waals surface area contributed by atoms with Crippen LogP contribution in [0.3, 0.4) is 0 Å². The van der Waals surface area contributed by atoms with E-state index in [0.29, 0.717) is 0 Å². The molecule has 0 aliphatic rings. The van der Waals surface area contributed by atoms with Crippen molar-refractivity contribution in [2.75, 3.05) is 0 Å². The first kappa shape index (κ1) is 14.0. The minimum atomic E-state index is 1.16. The van der Waals surface area contributed by atoms with Crippen molar-refractivity contribution in [3.63, 3.8) is 0 Å². The quantitative estimate of drug-likeness (QED) is 0.420. The van der Waals surface area contributed by atoms with Crippen molar-refractivity contribution in [3.8, 4) is 0 Å². The third kappa shape index (κ3) is 22.7. The summed E-state index contributed by atoms with van der Waals surface area (Å²) in [5.41, 5.74) is 0. The highest BCUT2D eigenvalue weighted by molar-refractivity contribution is 4.75. The van der Waals surface area contributed by atoms with E-state index in [9.17, 15) is 0 Å². The van der Waals surface area contributed by atoms with Crippen LogP contribution in [0, 0.1) is 0 Å². The Balaban J connectivity index is 0. The summed E-state index contributed by atoms with van der Waals surface area (Å²) in [5.74, 6) is 0. The molecule has 0 saturated heterocycles. The SMILES string of the molecule is C/C=C/CC.C/C=C/CCCC. The Morgan fingerprint density at radius 1 is 0.917 bits per heavy atom. The van der Waals surface area contributed by atoms with Gasteiger partial charge in [-0.3, -0.25) is 0 Å². The third-order valence-corrected chi connectivity index (χ3v) is 1.43. The van der Waals surface area contributed by atoms with Crippen molar-refractivity contribution in [1.29, 1.82) is 0 Å². The molecule has 72 valence electrons. The van der Waals surface area contributed by atoms with Gasteiger partial charge in [0.05, 0.1) is 0 Å². The topological polar surface area (TPSA) is 0 Å². The van der Waals surface area contributed by atoms with Crippen LogP contribution in [0.4, 0.5) is 0 Å². The molecule has 0 bridgehead atoms. The molecule has 0 aliphatic carbocycles. The van der Waals surface area contributed by atoms with Gasteiger partial charge >= 0.3 is 0 Å². The zero-order chi connectivity index (χ0) is 9.66. The van der Waals surface area contributed by atoms with Crippen LogP contribution in [-0.2, 0) is 0 Å². The van der Waals surface area contributed by atoms with Gasteiger partial charge in [0.2, 0.25) is 0 Å². The monoisotopic (exact) mass is 168 g/mol. The fourth-order valence-electron chi connectivity index (χ4n) is 0.724. The largest absolute Gasteiger partial charge is 0.0917 e. The average Bonchev–Trinajstić information content (AvgIpc) is 2.08. The molecule has 0 aliphatic heterocycles. The Kier molecular flexibility index (Phi) is 19.7. The van der Waals surface area contributed by atoms with E-state index in [1.165, 1.54) is 19.3 Å². The number of rotatable bonds is 4. The van der Waals surface area contributed by atoms with Gasteiger partial charge in [-0.15, -0.1) is 0 Å². The fraction of sp³-hybridized carbons (Fsp3) is 0.667. The van der Waals surface area contributed by atoms with Gasteiger partial charge in [-0.1, -0.05) is 51.0 Å². The van der Waals surface area contributed by atoms with Gasteiger partial charge in [0.1, 0.15) is 0 Å². The van der Waals surface area contributed by atoms with E-state index < -0.39 is 0 Å². The van der Waals surface area contributed by atoms with Crippen LogP contribution in [-0.4, -0.2) is 0 Å². The minimum Gasteiger partial charge on any atom is -0.0917 e. The molecule has 0 aromatic heterocycles. The van der Waals surface area contributed by atoms with Crippen molar-refractivity contribution in [2.45, 2.75) is 53.4 Å². The zero-order valence-electron chi connectivity index (χ0n) is 9.14. The van der Waals surface area contributed by atoms with Gasteiger partial charge in [0, 0.05) is 0 Å². The molecule has 12 heavy (non-hydrogen) atoms. The lowest BCUT2D eigenvalue weighted by atomic mass is 10.2. The zero-order valence-corrected chi connectivity index (χ0v) is 9.14. The Morgan fingerprint density at radius 3 is 1.75 bits per heavy atom. The summed E-state index contributed by atoms with van der Waals surface area (Å²) in [6.45, 7) is 8.43. The van der Waals surface area contributed by atoms with Crippen LogP contribution in [0.5, 0.6) is 0 Å². The molecule has 0 fully saturated rings. The van der Waals surface area contributed by atoms with Crippen LogP contribution in [0.15, 0.2) is 24.3 Å². The summed E-state index contributed by atoms with van der Waals surface area (Å²) < 4.78 is 0. The van der Waals surface area contributed by atoms with Gasteiger partial charge < -0.3 is 0 Å². The lowest BCUT2D eigenvalue weighted by molar-refractivity contribution is 0.814. The van der Waals surface area contributed by atoms with E-state index in [-0.39, 0.29) is 0 Å². The second kappa shape index (κ2) is 16.8. The number of allylic oxidation sites excluding steroid dienone is 4. The van der Waals surface area contributed by atoms with Crippen molar-refractivity contribution < 1.29 is 0 Å². The van der Waals surface area contributed by atoms with Crippen LogP contribution < -0.4 is 0 Å². The van der Waals surface area contributed by atoms with Crippen LogP contribution in [0.2, 0.25) is 0 Å². The maximum absolute atomic E-state index is 2.21. The maximum Gasteiger partial charge on any atom is -0.0351 e. The minimum absolute atomic E-state index is 1.16. The maximum atomic E-state index is 2.21. The highest BCUT2D eigenvalue weighted by atomic mass is 13.8. The number of unbranched alkanes of at least 4 members (excludes halogenated alkanes) is 2. The average molecular weight is 168 g/mol. The van der Waals surface area contributed by atoms with E-state index in [0.717, 1.165) is 6.42 Å². The van der Waals surface area contributed by atoms with Gasteiger partial charge in [-0.25, -0.2) is 0 Å². The van der Waals surface area contributed by atoms with E-state index in [1.807, 2.05) is 6.92 Å². The summed E-state index contributed by atoms with van der Waals surface area (Å²) in [5, 5.41) is 0. The van der Waals surface area contributed by atoms with Gasteiger partial charge in [-0.05, 0) is 26.7 Å². The molecule has 0 heterocycles. The van der Waals surface area contributed by atoms with Crippen molar-refractivity contribution in [3.05, 3.63) is 24.3 Å². The molecule has 0 N–H and O–H groups in total. The summed E-state index contributed by atoms with van der Waals surface area (Å²) in [6, 6.07) is 0. The van der Waals surface area contributed by atoms with Gasteiger partial charge in [0.15, 0.2) is 0 Å². The normalized spacial score (nSPS) is 10.3. The molecule has 0 aromatic carbocycles. The highest BCUT2D eigenvalue weighted by Crippen LogP contribution is 1.93. The van der Waals surface area contributed by atoms with Crippen LogP contribution >= 0.6 is 0 Å². The van der Waals surface area contributed by atoms with E-state index >= 15 is 0 Å². The highest BCUT2D eigenvalue weighted by Gasteiger charge is 1.73. The standard InChI is InChI=1S/C7H14.C5H10/c1-3-5-7-6-4-2;1-3-5-4-2/h3,5H,4,6-7H2,1-2H3;3,5H,4H2,1-2H3/b2*5-3+.